The van der Waals surface area contributed by atoms with E-state index in [0.717, 1.165) is 31.4 Å². The quantitative estimate of drug-likeness (QED) is 0.565. The van der Waals surface area contributed by atoms with Gasteiger partial charge in [-0.25, -0.2) is 0 Å². The second-order valence-electron chi connectivity index (χ2n) is 5.21. The van der Waals surface area contributed by atoms with Crippen LogP contribution in [0.3, 0.4) is 0 Å². The Morgan fingerprint density at radius 3 is 2.50 bits per heavy atom. The molecule has 1 aliphatic rings. The third-order valence-corrected chi connectivity index (χ3v) is 3.70. The number of pyridine rings is 1. The number of carbonyl (C=O) groups is 1. The smallest absolute Gasteiger partial charge is 0.227 e. The number of anilines is 1. The maximum Gasteiger partial charge on any atom is 0.227 e. The number of nitrogens with one attached hydrogen (secondary N) is 1. The van der Waals surface area contributed by atoms with Gasteiger partial charge in [0.25, 0.3) is 0 Å². The van der Waals surface area contributed by atoms with Crippen LogP contribution in [0.25, 0.3) is 0 Å². The van der Waals surface area contributed by atoms with E-state index in [1.165, 1.54) is 0 Å². The van der Waals surface area contributed by atoms with Gasteiger partial charge in [-0.2, -0.15) is 0 Å². The van der Waals surface area contributed by atoms with Crippen molar-refractivity contribution in [3.8, 4) is 0 Å². The van der Waals surface area contributed by atoms with Crippen LogP contribution >= 0.6 is 0 Å². The first-order chi connectivity index (χ1) is 9.65. The van der Waals surface area contributed by atoms with E-state index in [1.54, 1.807) is 24.5 Å². The zero-order valence-electron chi connectivity index (χ0n) is 11.5. The number of rotatable bonds is 4. The Balaban J connectivity index is 1.79. The molecule has 20 heavy (non-hydrogen) atoms. The molecule has 0 radical (unpaired) electrons. The van der Waals surface area contributed by atoms with Crippen LogP contribution in [0.5, 0.6) is 0 Å². The van der Waals surface area contributed by atoms with Crippen molar-refractivity contribution in [1.82, 2.24) is 4.98 Å². The van der Waals surface area contributed by atoms with Crippen LogP contribution in [-0.4, -0.2) is 23.4 Å². The van der Waals surface area contributed by atoms with E-state index in [-0.39, 0.29) is 17.8 Å². The first kappa shape index (κ1) is 14.3. The average molecular weight is 275 g/mol. The van der Waals surface area contributed by atoms with Crippen LogP contribution < -0.4 is 16.8 Å². The lowest BCUT2D eigenvalue weighted by molar-refractivity contribution is -0.121. The molecule has 5 N–H and O–H groups in total. The lowest BCUT2D eigenvalue weighted by Crippen LogP contribution is -2.29. The van der Waals surface area contributed by atoms with E-state index in [2.05, 4.69) is 15.3 Å². The Labute approximate surface area is 118 Å². The molecule has 0 bridgehead atoms. The molecular weight excluding hydrogens is 254 g/mol. The highest BCUT2D eigenvalue weighted by atomic mass is 16.1. The minimum absolute atomic E-state index is 0.0821. The minimum atomic E-state index is 0.0821. The summed E-state index contributed by atoms with van der Waals surface area (Å²) in [4.78, 5) is 20.1. The van der Waals surface area contributed by atoms with Gasteiger partial charge in [-0.15, -0.1) is 0 Å². The van der Waals surface area contributed by atoms with Gasteiger partial charge in [-0.3, -0.25) is 14.8 Å². The summed E-state index contributed by atoms with van der Waals surface area (Å²) >= 11 is 0. The van der Waals surface area contributed by atoms with Gasteiger partial charge in [0.05, 0.1) is 0 Å². The molecule has 0 atom stereocenters. The number of carbonyl (C=O) groups excluding carboxylic acids is 1. The van der Waals surface area contributed by atoms with Crippen molar-refractivity contribution in [1.29, 1.82) is 0 Å². The largest absolute Gasteiger partial charge is 0.370 e. The number of aromatic nitrogens is 1. The van der Waals surface area contributed by atoms with Crippen LogP contribution in [0, 0.1) is 11.8 Å². The Morgan fingerprint density at radius 1 is 1.25 bits per heavy atom. The lowest BCUT2D eigenvalue weighted by Gasteiger charge is -2.26. The van der Waals surface area contributed by atoms with E-state index in [0.29, 0.717) is 12.5 Å². The third kappa shape index (κ3) is 4.22. The fourth-order valence-electron chi connectivity index (χ4n) is 2.52. The first-order valence-corrected chi connectivity index (χ1v) is 6.91. The van der Waals surface area contributed by atoms with Gasteiger partial charge < -0.3 is 16.8 Å². The molecular formula is C14H21N5O. The minimum Gasteiger partial charge on any atom is -0.370 e. The number of guanidine groups is 1. The second kappa shape index (κ2) is 6.88. The molecule has 0 spiro atoms. The molecule has 6 heteroatoms. The van der Waals surface area contributed by atoms with Crippen molar-refractivity contribution in [2.45, 2.75) is 25.7 Å². The Kier molecular flexibility index (Phi) is 4.92. The van der Waals surface area contributed by atoms with Crippen molar-refractivity contribution in [2.75, 3.05) is 11.9 Å². The van der Waals surface area contributed by atoms with E-state index < -0.39 is 0 Å². The summed E-state index contributed by atoms with van der Waals surface area (Å²) in [5.41, 5.74) is 11.5. The molecule has 2 rings (SSSR count). The first-order valence-electron chi connectivity index (χ1n) is 6.91. The molecule has 0 unspecified atom stereocenters. The van der Waals surface area contributed by atoms with Crippen LogP contribution in [-0.2, 0) is 4.79 Å². The van der Waals surface area contributed by atoms with Crippen LogP contribution in [0.15, 0.2) is 29.5 Å². The molecule has 1 fully saturated rings. The van der Waals surface area contributed by atoms with Crippen LogP contribution in [0.1, 0.15) is 25.7 Å². The van der Waals surface area contributed by atoms with Gasteiger partial charge in [0, 0.05) is 30.5 Å². The summed E-state index contributed by atoms with van der Waals surface area (Å²) in [5.74, 6) is 0.805. The maximum absolute atomic E-state index is 12.1. The molecule has 6 nitrogen and oxygen atoms in total. The van der Waals surface area contributed by atoms with Crippen LogP contribution in [0.4, 0.5) is 5.69 Å². The van der Waals surface area contributed by atoms with Crippen molar-refractivity contribution in [3.63, 3.8) is 0 Å². The summed E-state index contributed by atoms with van der Waals surface area (Å²) in [6, 6.07) is 3.59. The van der Waals surface area contributed by atoms with Gasteiger partial charge in [0.15, 0.2) is 5.96 Å². The van der Waals surface area contributed by atoms with E-state index >= 15 is 0 Å². The van der Waals surface area contributed by atoms with Crippen molar-refractivity contribution >= 4 is 17.6 Å². The fraction of sp³-hybridized carbons (Fsp3) is 0.500. The number of hydrogen-bond donors (Lipinski definition) is 3. The molecule has 0 aromatic carbocycles. The number of amides is 1. The molecule has 1 saturated carbocycles. The van der Waals surface area contributed by atoms with Crippen molar-refractivity contribution in [3.05, 3.63) is 24.5 Å². The Bertz CT molecular complexity index is 462. The number of hydrogen-bond acceptors (Lipinski definition) is 3. The number of nitrogens with two attached hydrogens (primary N) is 2. The third-order valence-electron chi connectivity index (χ3n) is 3.70. The van der Waals surface area contributed by atoms with Gasteiger partial charge in [0.1, 0.15) is 0 Å². The molecule has 1 amide bonds. The zero-order chi connectivity index (χ0) is 14.4. The number of aliphatic imine (C=N–C) groups is 1. The highest BCUT2D eigenvalue weighted by Crippen LogP contribution is 2.29. The average Bonchev–Trinajstić information content (AvgIpc) is 2.46. The number of nitrogens with zero attached hydrogens (tertiary/aromatic N) is 2. The molecule has 1 aromatic heterocycles. The fourth-order valence-corrected chi connectivity index (χ4v) is 2.52. The molecule has 1 aromatic rings. The molecule has 108 valence electrons. The highest BCUT2D eigenvalue weighted by molar-refractivity contribution is 5.92. The van der Waals surface area contributed by atoms with E-state index in [1.807, 2.05) is 0 Å². The topological polar surface area (TPSA) is 106 Å². The summed E-state index contributed by atoms with van der Waals surface area (Å²) in [6.45, 7) is 0.668. The van der Waals surface area contributed by atoms with Crippen LogP contribution in [0.2, 0.25) is 0 Å². The summed E-state index contributed by atoms with van der Waals surface area (Å²) in [6.07, 6.45) is 7.10. The monoisotopic (exact) mass is 275 g/mol. The van der Waals surface area contributed by atoms with Gasteiger partial charge in [0.2, 0.25) is 5.91 Å². The summed E-state index contributed by atoms with van der Waals surface area (Å²) in [7, 11) is 0. The zero-order valence-corrected chi connectivity index (χ0v) is 11.5. The normalized spacial score (nSPS) is 22.0. The van der Waals surface area contributed by atoms with Gasteiger partial charge in [-0.05, 0) is 43.7 Å². The van der Waals surface area contributed by atoms with Gasteiger partial charge >= 0.3 is 0 Å². The lowest BCUT2D eigenvalue weighted by atomic mass is 9.81. The van der Waals surface area contributed by atoms with Crippen molar-refractivity contribution < 1.29 is 4.79 Å². The molecule has 1 heterocycles. The standard InChI is InChI=1S/C14H21N5O/c15-14(16)18-9-10-1-3-11(4-2-10)13(20)19-12-5-7-17-8-6-12/h5-8,10-11H,1-4,9H2,(H4,15,16,18)(H,17,19,20). The molecule has 1 aliphatic carbocycles. The van der Waals surface area contributed by atoms with Crippen molar-refractivity contribution in [2.24, 2.45) is 28.3 Å². The molecule has 0 saturated heterocycles. The van der Waals surface area contributed by atoms with Gasteiger partial charge in [-0.1, -0.05) is 0 Å². The van der Waals surface area contributed by atoms with E-state index in [9.17, 15) is 4.79 Å². The van der Waals surface area contributed by atoms with E-state index in [4.69, 9.17) is 11.5 Å². The maximum atomic E-state index is 12.1. The highest BCUT2D eigenvalue weighted by Gasteiger charge is 2.26. The second-order valence-corrected chi connectivity index (χ2v) is 5.21. The summed E-state index contributed by atoms with van der Waals surface area (Å²) < 4.78 is 0. The summed E-state index contributed by atoms with van der Waals surface area (Å²) in [5, 5.41) is 2.93. The Hall–Kier alpha value is -2.11. The molecule has 0 aliphatic heterocycles. The SMILES string of the molecule is NC(N)=NCC1CCC(C(=O)Nc2ccncc2)CC1. The Morgan fingerprint density at radius 2 is 1.90 bits per heavy atom. The predicted octanol–water partition coefficient (Wildman–Crippen LogP) is 1.10. The predicted molar refractivity (Wildman–Crippen MR) is 79.0 cm³/mol.